The number of rotatable bonds is 5. The summed E-state index contributed by atoms with van der Waals surface area (Å²) < 4.78 is 11.3. The molecule has 128 valence electrons. The van der Waals surface area contributed by atoms with Crippen molar-refractivity contribution in [2.75, 3.05) is 19.6 Å². The third-order valence-electron chi connectivity index (χ3n) is 4.82. The molecule has 3 heterocycles. The summed E-state index contributed by atoms with van der Waals surface area (Å²) in [5, 5.41) is 7.08. The first-order valence-electron chi connectivity index (χ1n) is 8.51. The molecule has 6 heteroatoms. The van der Waals surface area contributed by atoms with Crippen molar-refractivity contribution in [2.24, 2.45) is 11.8 Å². The number of aryl methyl sites for hydroxylation is 2. The predicted octanol–water partition coefficient (Wildman–Crippen LogP) is 1.65. The number of ether oxygens (including phenoxy) is 1. The van der Waals surface area contributed by atoms with Gasteiger partial charge in [0.05, 0.1) is 23.8 Å². The fourth-order valence-corrected chi connectivity index (χ4v) is 3.53. The molecular formula is C17H27N3O3. The highest BCUT2D eigenvalue weighted by molar-refractivity contribution is 5.79. The number of fused-ring (bicyclic) bond motifs is 2. The second kappa shape index (κ2) is 6.61. The number of likely N-dealkylation sites (tertiary alicyclic amines) is 1. The maximum atomic E-state index is 12.4. The summed E-state index contributed by atoms with van der Waals surface area (Å²) in [6.07, 6.45) is 0.984. The molecule has 2 aliphatic heterocycles. The number of carbonyl (C=O) groups excluding carboxylic acids is 1. The molecule has 0 radical (unpaired) electrons. The van der Waals surface area contributed by atoms with Crippen LogP contribution in [0, 0.1) is 25.7 Å². The van der Waals surface area contributed by atoms with Gasteiger partial charge in [-0.05, 0) is 26.2 Å². The molecule has 2 bridgehead atoms. The van der Waals surface area contributed by atoms with Crippen molar-refractivity contribution in [1.82, 2.24) is 15.4 Å². The summed E-state index contributed by atoms with van der Waals surface area (Å²) in [6.45, 7) is 11.3. The topological polar surface area (TPSA) is 67.6 Å². The van der Waals surface area contributed by atoms with Crippen LogP contribution in [-0.2, 0) is 16.1 Å². The second-order valence-corrected chi connectivity index (χ2v) is 7.27. The number of aromatic nitrogens is 1. The van der Waals surface area contributed by atoms with Crippen LogP contribution in [0.4, 0.5) is 0 Å². The molecule has 0 spiro atoms. The minimum atomic E-state index is -0.0200. The van der Waals surface area contributed by atoms with Crippen molar-refractivity contribution >= 4 is 5.91 Å². The van der Waals surface area contributed by atoms with Gasteiger partial charge in [0.15, 0.2) is 0 Å². The number of hydrogen-bond acceptors (Lipinski definition) is 5. The Morgan fingerprint density at radius 1 is 1.39 bits per heavy atom. The normalized spacial score (nSPS) is 27.6. The molecule has 1 amide bonds. The van der Waals surface area contributed by atoms with E-state index in [0.29, 0.717) is 5.92 Å². The lowest BCUT2D eigenvalue weighted by Crippen LogP contribution is -2.45. The minimum absolute atomic E-state index is 0.00128. The molecule has 2 fully saturated rings. The quantitative estimate of drug-likeness (QED) is 0.893. The van der Waals surface area contributed by atoms with Crippen molar-refractivity contribution in [3.8, 4) is 0 Å². The highest BCUT2D eigenvalue weighted by Gasteiger charge is 2.44. The lowest BCUT2D eigenvalue weighted by Gasteiger charge is -2.32. The van der Waals surface area contributed by atoms with E-state index in [9.17, 15) is 4.79 Å². The molecule has 6 nitrogen and oxygen atoms in total. The largest absolute Gasteiger partial charge is 0.371 e. The molecule has 3 unspecified atom stereocenters. The molecule has 2 aliphatic rings. The average molecular weight is 321 g/mol. The van der Waals surface area contributed by atoms with E-state index in [1.54, 1.807) is 0 Å². The Bertz CT molecular complexity index is 550. The predicted molar refractivity (Wildman–Crippen MR) is 85.9 cm³/mol. The van der Waals surface area contributed by atoms with Crippen LogP contribution in [0.2, 0.25) is 0 Å². The Morgan fingerprint density at radius 3 is 2.83 bits per heavy atom. The summed E-state index contributed by atoms with van der Waals surface area (Å²) in [6, 6.07) is 0. The number of nitrogens with zero attached hydrogens (tertiary/aromatic N) is 2. The van der Waals surface area contributed by atoms with Gasteiger partial charge in [-0.15, -0.1) is 0 Å². The van der Waals surface area contributed by atoms with E-state index in [1.165, 1.54) is 0 Å². The maximum Gasteiger partial charge on any atom is 0.225 e. The van der Waals surface area contributed by atoms with E-state index in [1.807, 2.05) is 13.8 Å². The van der Waals surface area contributed by atoms with E-state index in [-0.39, 0.29) is 24.0 Å². The van der Waals surface area contributed by atoms with Crippen molar-refractivity contribution in [2.45, 2.75) is 52.9 Å². The van der Waals surface area contributed by atoms with E-state index in [2.05, 4.69) is 29.2 Å². The van der Waals surface area contributed by atoms with Gasteiger partial charge in [0.2, 0.25) is 5.91 Å². The van der Waals surface area contributed by atoms with E-state index in [4.69, 9.17) is 9.26 Å². The summed E-state index contributed by atoms with van der Waals surface area (Å²) in [4.78, 5) is 14.8. The lowest BCUT2D eigenvalue weighted by molar-refractivity contribution is -0.128. The van der Waals surface area contributed by atoms with Gasteiger partial charge < -0.3 is 14.6 Å². The van der Waals surface area contributed by atoms with Crippen LogP contribution in [0.1, 0.15) is 37.3 Å². The Balaban J connectivity index is 1.60. The smallest absolute Gasteiger partial charge is 0.225 e. The standard InChI is InChI=1S/C17H27N3O3/c1-10(2)6-18-17(21)14-5-13-7-20(9-16(14)22-13)8-15-11(3)19-23-12(15)4/h10,13-14,16H,5-9H2,1-4H3,(H,18,21). The Hall–Kier alpha value is -1.40. The highest BCUT2D eigenvalue weighted by Crippen LogP contribution is 2.33. The highest BCUT2D eigenvalue weighted by atomic mass is 16.5. The van der Waals surface area contributed by atoms with Crippen LogP contribution in [0.3, 0.4) is 0 Å². The van der Waals surface area contributed by atoms with Crippen molar-refractivity contribution in [1.29, 1.82) is 0 Å². The van der Waals surface area contributed by atoms with Crippen LogP contribution in [0.15, 0.2) is 4.52 Å². The van der Waals surface area contributed by atoms with Crippen LogP contribution >= 0.6 is 0 Å². The molecule has 0 aromatic carbocycles. The number of morpholine rings is 1. The summed E-state index contributed by atoms with van der Waals surface area (Å²) in [5.41, 5.74) is 2.11. The summed E-state index contributed by atoms with van der Waals surface area (Å²) in [7, 11) is 0. The van der Waals surface area contributed by atoms with Gasteiger partial charge in [-0.2, -0.15) is 0 Å². The Kier molecular flexibility index (Phi) is 4.73. The van der Waals surface area contributed by atoms with Gasteiger partial charge >= 0.3 is 0 Å². The fraction of sp³-hybridized carbons (Fsp3) is 0.765. The van der Waals surface area contributed by atoms with E-state index in [0.717, 1.165) is 49.6 Å². The number of nitrogens with one attached hydrogen (secondary N) is 1. The molecule has 0 saturated carbocycles. The van der Waals surface area contributed by atoms with Crippen LogP contribution in [-0.4, -0.2) is 47.8 Å². The van der Waals surface area contributed by atoms with Gasteiger partial charge in [0.1, 0.15) is 5.76 Å². The minimum Gasteiger partial charge on any atom is -0.371 e. The van der Waals surface area contributed by atoms with Crippen molar-refractivity contribution in [3.63, 3.8) is 0 Å². The monoisotopic (exact) mass is 321 g/mol. The molecule has 0 aliphatic carbocycles. The first-order chi connectivity index (χ1) is 10.9. The molecule has 23 heavy (non-hydrogen) atoms. The van der Waals surface area contributed by atoms with Gasteiger partial charge in [-0.3, -0.25) is 9.69 Å². The van der Waals surface area contributed by atoms with Gasteiger partial charge in [-0.1, -0.05) is 19.0 Å². The first kappa shape index (κ1) is 16.5. The molecule has 3 atom stereocenters. The summed E-state index contributed by atoms with van der Waals surface area (Å²) in [5.74, 6) is 1.48. The fourth-order valence-electron chi connectivity index (χ4n) is 3.53. The van der Waals surface area contributed by atoms with Crippen molar-refractivity contribution in [3.05, 3.63) is 17.0 Å². The Morgan fingerprint density at radius 2 is 2.17 bits per heavy atom. The molecule has 1 aromatic rings. The molecule has 1 N–H and O–H groups in total. The van der Waals surface area contributed by atoms with Crippen LogP contribution in [0.5, 0.6) is 0 Å². The summed E-state index contributed by atoms with van der Waals surface area (Å²) >= 11 is 0. The molecule has 3 rings (SSSR count). The number of hydrogen-bond donors (Lipinski definition) is 1. The molecule has 2 saturated heterocycles. The zero-order valence-corrected chi connectivity index (χ0v) is 14.5. The molecule has 1 aromatic heterocycles. The zero-order valence-electron chi connectivity index (χ0n) is 14.5. The third-order valence-corrected chi connectivity index (χ3v) is 4.82. The average Bonchev–Trinajstić information content (AvgIpc) is 2.98. The van der Waals surface area contributed by atoms with Crippen LogP contribution < -0.4 is 5.32 Å². The second-order valence-electron chi connectivity index (χ2n) is 7.27. The van der Waals surface area contributed by atoms with Gasteiger partial charge in [0.25, 0.3) is 0 Å². The first-order valence-corrected chi connectivity index (χ1v) is 8.51. The van der Waals surface area contributed by atoms with Gasteiger partial charge in [-0.25, -0.2) is 0 Å². The third kappa shape index (κ3) is 3.58. The SMILES string of the molecule is Cc1noc(C)c1CN1CC2CC(C(=O)NCC(C)C)C(C1)O2. The van der Waals surface area contributed by atoms with E-state index < -0.39 is 0 Å². The van der Waals surface area contributed by atoms with Crippen molar-refractivity contribution < 1.29 is 14.1 Å². The number of amides is 1. The molecular weight excluding hydrogens is 294 g/mol. The Labute approximate surface area is 137 Å². The number of carbonyl (C=O) groups is 1. The lowest BCUT2D eigenvalue weighted by atomic mass is 9.99. The van der Waals surface area contributed by atoms with Crippen LogP contribution in [0.25, 0.3) is 0 Å². The van der Waals surface area contributed by atoms with Gasteiger partial charge in [0, 0.05) is 31.7 Å². The zero-order chi connectivity index (χ0) is 16.6. The maximum absolute atomic E-state index is 12.4. The van der Waals surface area contributed by atoms with E-state index >= 15 is 0 Å².